The van der Waals surface area contributed by atoms with E-state index in [0.29, 0.717) is 38.2 Å². The second-order valence-electron chi connectivity index (χ2n) is 7.72. The predicted octanol–water partition coefficient (Wildman–Crippen LogP) is 2.42. The molecular weight excluding hydrogens is 365 g/mol. The summed E-state index contributed by atoms with van der Waals surface area (Å²) in [5.41, 5.74) is -0.280. The van der Waals surface area contributed by atoms with Gasteiger partial charge in [-0.15, -0.1) is 0 Å². The van der Waals surface area contributed by atoms with Crippen LogP contribution in [0.1, 0.15) is 44.0 Å². The molecule has 7 nitrogen and oxygen atoms in total. The number of hydrogen-bond donors (Lipinski definition) is 1. The molecule has 1 heterocycles. The fraction of sp³-hybridized carbons (Fsp3) is 0.550. The van der Waals surface area contributed by atoms with Crippen LogP contribution in [0.25, 0.3) is 0 Å². The van der Waals surface area contributed by atoms with Gasteiger partial charge in [0.1, 0.15) is 11.4 Å². The molecule has 0 aliphatic carbocycles. The summed E-state index contributed by atoms with van der Waals surface area (Å²) in [6.45, 7) is 7.35. The minimum absolute atomic E-state index is 0.0869. The Bertz CT molecular complexity index is 718. The Morgan fingerprint density at radius 2 is 1.79 bits per heavy atom. The average molecular weight is 393 g/mol. The minimum Gasteiger partial charge on any atom is -0.444 e. The van der Waals surface area contributed by atoms with E-state index in [4.69, 9.17) is 4.74 Å². The molecule has 0 unspecified atom stereocenters. The maximum Gasteiger partial charge on any atom is 0.407 e. The highest BCUT2D eigenvalue weighted by Crippen LogP contribution is 2.11. The Kier molecular flexibility index (Phi) is 7.37. The van der Waals surface area contributed by atoms with Gasteiger partial charge in [0.25, 0.3) is 5.91 Å². The molecule has 1 saturated heterocycles. The number of carbonyl (C=O) groups is 3. The van der Waals surface area contributed by atoms with Crippen LogP contribution >= 0.6 is 0 Å². The maximum atomic E-state index is 13.3. The van der Waals surface area contributed by atoms with Crippen molar-refractivity contribution in [3.05, 3.63) is 35.6 Å². The van der Waals surface area contributed by atoms with Gasteiger partial charge in [0.15, 0.2) is 0 Å². The largest absolute Gasteiger partial charge is 0.444 e. The van der Waals surface area contributed by atoms with Crippen LogP contribution in [0.5, 0.6) is 0 Å². The number of rotatable bonds is 4. The van der Waals surface area contributed by atoms with E-state index in [1.54, 1.807) is 36.6 Å². The van der Waals surface area contributed by atoms with E-state index >= 15 is 0 Å². The Labute approximate surface area is 164 Å². The van der Waals surface area contributed by atoms with Crippen molar-refractivity contribution < 1.29 is 23.5 Å². The standard InChI is InChI=1S/C20H28FN3O4/c1-20(2,3)28-19(27)22-9-8-17(25)23-10-5-11-24(13-12-23)18(26)15-6-4-7-16(21)14-15/h4,6-7,14H,5,8-13H2,1-3H3,(H,22,27). The molecule has 0 aromatic heterocycles. The first-order chi connectivity index (χ1) is 13.2. The summed E-state index contributed by atoms with van der Waals surface area (Å²) >= 11 is 0. The lowest BCUT2D eigenvalue weighted by Crippen LogP contribution is -2.39. The van der Waals surface area contributed by atoms with E-state index in [1.165, 1.54) is 18.2 Å². The van der Waals surface area contributed by atoms with E-state index in [1.807, 2.05) is 0 Å². The molecule has 2 rings (SSSR count). The van der Waals surface area contributed by atoms with Crippen LogP contribution in [0.2, 0.25) is 0 Å². The number of benzene rings is 1. The van der Waals surface area contributed by atoms with Gasteiger partial charge in [-0.3, -0.25) is 9.59 Å². The van der Waals surface area contributed by atoms with E-state index in [0.717, 1.165) is 0 Å². The van der Waals surface area contributed by atoms with Crippen LogP contribution < -0.4 is 5.32 Å². The molecule has 154 valence electrons. The minimum atomic E-state index is -0.587. The zero-order valence-corrected chi connectivity index (χ0v) is 16.7. The number of nitrogens with zero attached hydrogens (tertiary/aromatic N) is 2. The first kappa shape index (κ1) is 21.7. The van der Waals surface area contributed by atoms with Gasteiger partial charge in [-0.25, -0.2) is 9.18 Å². The van der Waals surface area contributed by atoms with Crippen molar-refractivity contribution >= 4 is 17.9 Å². The molecule has 1 aliphatic heterocycles. The highest BCUT2D eigenvalue weighted by Gasteiger charge is 2.23. The lowest BCUT2D eigenvalue weighted by atomic mass is 10.2. The first-order valence-corrected chi connectivity index (χ1v) is 9.45. The number of carbonyl (C=O) groups excluding carboxylic acids is 3. The Morgan fingerprint density at radius 3 is 2.46 bits per heavy atom. The van der Waals surface area contributed by atoms with Crippen molar-refractivity contribution in [1.82, 2.24) is 15.1 Å². The van der Waals surface area contributed by atoms with Gasteiger partial charge < -0.3 is 19.9 Å². The van der Waals surface area contributed by atoms with Crippen LogP contribution in [0.4, 0.5) is 9.18 Å². The fourth-order valence-electron chi connectivity index (χ4n) is 2.92. The summed E-state index contributed by atoms with van der Waals surface area (Å²) < 4.78 is 18.5. The Balaban J connectivity index is 1.80. The zero-order chi connectivity index (χ0) is 20.7. The summed E-state index contributed by atoms with van der Waals surface area (Å²) in [5, 5.41) is 2.57. The number of alkyl carbamates (subject to hydrolysis) is 1. The van der Waals surface area contributed by atoms with Gasteiger partial charge >= 0.3 is 6.09 Å². The molecule has 0 spiro atoms. The smallest absolute Gasteiger partial charge is 0.407 e. The second-order valence-corrected chi connectivity index (χ2v) is 7.72. The highest BCUT2D eigenvalue weighted by molar-refractivity contribution is 5.94. The SMILES string of the molecule is CC(C)(C)OC(=O)NCCC(=O)N1CCCN(C(=O)c2cccc(F)c2)CC1. The molecule has 0 atom stereocenters. The van der Waals surface area contributed by atoms with E-state index in [2.05, 4.69) is 5.32 Å². The summed E-state index contributed by atoms with van der Waals surface area (Å²) in [6.07, 6.45) is 0.256. The Hall–Kier alpha value is -2.64. The lowest BCUT2D eigenvalue weighted by Gasteiger charge is -2.23. The van der Waals surface area contributed by atoms with Crippen LogP contribution in [-0.2, 0) is 9.53 Å². The first-order valence-electron chi connectivity index (χ1n) is 9.45. The predicted molar refractivity (Wildman–Crippen MR) is 102 cm³/mol. The number of nitrogens with one attached hydrogen (secondary N) is 1. The zero-order valence-electron chi connectivity index (χ0n) is 16.7. The monoisotopic (exact) mass is 393 g/mol. The molecule has 1 N–H and O–H groups in total. The van der Waals surface area contributed by atoms with Gasteiger partial charge in [-0.1, -0.05) is 6.07 Å². The topological polar surface area (TPSA) is 79.0 Å². The van der Waals surface area contributed by atoms with Crippen molar-refractivity contribution in [2.45, 2.75) is 39.2 Å². The molecule has 3 amide bonds. The molecular formula is C20H28FN3O4. The normalized spacial score (nSPS) is 15.0. The van der Waals surface area contributed by atoms with Gasteiger partial charge in [0.2, 0.25) is 5.91 Å². The van der Waals surface area contributed by atoms with Crippen LogP contribution in [0, 0.1) is 5.82 Å². The highest BCUT2D eigenvalue weighted by atomic mass is 19.1. The third kappa shape index (κ3) is 6.83. The van der Waals surface area contributed by atoms with Crippen LogP contribution in [0.15, 0.2) is 24.3 Å². The molecule has 1 aromatic carbocycles. The third-order valence-corrected chi connectivity index (χ3v) is 4.21. The van der Waals surface area contributed by atoms with Crippen LogP contribution in [-0.4, -0.2) is 66.0 Å². The molecule has 0 bridgehead atoms. The molecule has 28 heavy (non-hydrogen) atoms. The maximum absolute atomic E-state index is 13.3. The average Bonchev–Trinajstić information content (AvgIpc) is 2.85. The van der Waals surface area contributed by atoms with Crippen molar-refractivity contribution in [2.75, 3.05) is 32.7 Å². The van der Waals surface area contributed by atoms with Crippen LogP contribution in [0.3, 0.4) is 0 Å². The van der Waals surface area contributed by atoms with Gasteiger partial charge in [0, 0.05) is 44.7 Å². The molecule has 8 heteroatoms. The van der Waals surface area contributed by atoms with Crippen molar-refractivity contribution in [3.63, 3.8) is 0 Å². The quantitative estimate of drug-likeness (QED) is 0.852. The summed E-state index contributed by atoms with van der Waals surface area (Å²) in [7, 11) is 0. The molecule has 1 aromatic rings. The summed E-state index contributed by atoms with van der Waals surface area (Å²) in [6, 6.07) is 5.61. The number of halogens is 1. The Morgan fingerprint density at radius 1 is 1.11 bits per heavy atom. The van der Waals surface area contributed by atoms with Crippen molar-refractivity contribution in [2.24, 2.45) is 0 Å². The van der Waals surface area contributed by atoms with E-state index in [9.17, 15) is 18.8 Å². The summed E-state index contributed by atoms with van der Waals surface area (Å²) in [4.78, 5) is 39.9. The van der Waals surface area contributed by atoms with Gasteiger partial charge in [-0.2, -0.15) is 0 Å². The molecule has 0 saturated carbocycles. The molecule has 1 fully saturated rings. The second kappa shape index (κ2) is 9.52. The summed E-state index contributed by atoms with van der Waals surface area (Å²) in [5.74, 6) is -0.772. The fourth-order valence-corrected chi connectivity index (χ4v) is 2.92. The van der Waals surface area contributed by atoms with Gasteiger partial charge in [0.05, 0.1) is 0 Å². The van der Waals surface area contributed by atoms with Gasteiger partial charge in [-0.05, 0) is 45.4 Å². The lowest BCUT2D eigenvalue weighted by molar-refractivity contribution is -0.130. The van der Waals surface area contributed by atoms with Crippen molar-refractivity contribution in [3.8, 4) is 0 Å². The van der Waals surface area contributed by atoms with E-state index < -0.39 is 17.5 Å². The number of ether oxygens (including phenoxy) is 1. The molecule has 0 radical (unpaired) electrons. The molecule has 1 aliphatic rings. The van der Waals surface area contributed by atoms with Crippen molar-refractivity contribution in [1.29, 1.82) is 0 Å². The number of hydrogen-bond acceptors (Lipinski definition) is 4. The number of amides is 3. The third-order valence-electron chi connectivity index (χ3n) is 4.21. The van der Waals surface area contributed by atoms with E-state index in [-0.39, 0.29) is 24.8 Å².